The van der Waals surface area contributed by atoms with Gasteiger partial charge in [-0.05, 0) is 106 Å². The van der Waals surface area contributed by atoms with Crippen molar-refractivity contribution in [3.8, 4) is 0 Å². The van der Waals surface area contributed by atoms with Crippen molar-refractivity contribution in [2.75, 3.05) is 20.1 Å². The summed E-state index contributed by atoms with van der Waals surface area (Å²) in [5.74, 6) is -1.24. The number of nitrogens with one attached hydrogen (secondary N) is 1. The van der Waals surface area contributed by atoms with Crippen LogP contribution in [0.4, 0.5) is 17.6 Å². The lowest BCUT2D eigenvalue weighted by molar-refractivity contribution is -0.138. The molecule has 0 spiro atoms. The standard InChI is InChI=1S/C27H36F4N2O3S/c1-26(2,12-6-9-19-7-4-10-22(28)14-19)32-17-23(34)18-33(3)37-24-15-20(8-5-11-25(35)36)13-21(16-24)27(29,30)31/h4,7,10,13-16,23,32,34H,5-6,8-9,11-12,17-18H2,1-3H3,(H,35,36)/t23-/m1/s1. The molecule has 0 aromatic heterocycles. The number of aliphatic carboxylic acids is 1. The number of likely N-dealkylation sites (N-methyl/N-ethyl adjacent to an activating group) is 1. The van der Waals surface area contributed by atoms with Crippen LogP contribution < -0.4 is 5.32 Å². The molecule has 1 atom stereocenters. The van der Waals surface area contributed by atoms with Gasteiger partial charge in [0.15, 0.2) is 0 Å². The molecule has 5 nitrogen and oxygen atoms in total. The van der Waals surface area contributed by atoms with E-state index < -0.39 is 23.8 Å². The van der Waals surface area contributed by atoms with Crippen molar-refractivity contribution < 1.29 is 32.6 Å². The first kappa shape index (κ1) is 31.1. The first-order chi connectivity index (χ1) is 17.2. The zero-order chi connectivity index (χ0) is 27.6. The minimum atomic E-state index is -4.51. The number of carbonyl (C=O) groups is 1. The second kappa shape index (κ2) is 14.1. The molecule has 0 aliphatic heterocycles. The topological polar surface area (TPSA) is 72.8 Å². The lowest BCUT2D eigenvalue weighted by Gasteiger charge is -2.29. The third-order valence-corrected chi connectivity index (χ3v) is 6.76. The molecule has 0 amide bonds. The van der Waals surface area contributed by atoms with E-state index in [1.165, 1.54) is 12.1 Å². The minimum absolute atomic E-state index is 0.112. The normalized spacial score (nSPS) is 13.2. The molecule has 2 aromatic rings. The molecule has 37 heavy (non-hydrogen) atoms. The fraction of sp³-hybridized carbons (Fsp3) is 0.519. The molecule has 0 aliphatic carbocycles. The van der Waals surface area contributed by atoms with Gasteiger partial charge in [0.25, 0.3) is 0 Å². The number of carboxylic acid groups (broad SMARTS) is 1. The van der Waals surface area contributed by atoms with E-state index in [4.69, 9.17) is 5.11 Å². The maximum absolute atomic E-state index is 13.4. The summed E-state index contributed by atoms with van der Waals surface area (Å²) in [7, 11) is 1.70. The second-order valence-corrected chi connectivity index (χ2v) is 11.2. The summed E-state index contributed by atoms with van der Waals surface area (Å²) in [6, 6.07) is 10.3. The largest absolute Gasteiger partial charge is 0.481 e. The van der Waals surface area contributed by atoms with Crippen molar-refractivity contribution >= 4 is 17.9 Å². The molecule has 2 aromatic carbocycles. The average Bonchev–Trinajstić information content (AvgIpc) is 2.77. The Labute approximate surface area is 220 Å². The summed E-state index contributed by atoms with van der Waals surface area (Å²) in [5, 5.41) is 22.6. The number of hydrogen-bond acceptors (Lipinski definition) is 5. The Morgan fingerprint density at radius 1 is 1.08 bits per heavy atom. The van der Waals surface area contributed by atoms with Gasteiger partial charge in [0.05, 0.1) is 11.7 Å². The van der Waals surface area contributed by atoms with Crippen LogP contribution in [0.2, 0.25) is 0 Å². The fourth-order valence-electron chi connectivity index (χ4n) is 3.95. The minimum Gasteiger partial charge on any atom is -0.481 e. The molecule has 0 bridgehead atoms. The van der Waals surface area contributed by atoms with E-state index in [1.807, 2.05) is 19.9 Å². The van der Waals surface area contributed by atoms with Crippen molar-refractivity contribution in [1.29, 1.82) is 0 Å². The van der Waals surface area contributed by atoms with Crippen LogP contribution in [0, 0.1) is 5.82 Å². The molecule has 0 radical (unpaired) electrons. The van der Waals surface area contributed by atoms with Crippen LogP contribution in [-0.2, 0) is 23.8 Å². The van der Waals surface area contributed by atoms with E-state index in [9.17, 15) is 27.5 Å². The second-order valence-electron chi connectivity index (χ2n) is 9.91. The van der Waals surface area contributed by atoms with Gasteiger partial charge in [0.1, 0.15) is 5.82 Å². The molecule has 0 aliphatic rings. The van der Waals surface area contributed by atoms with Crippen molar-refractivity contribution in [2.45, 2.75) is 75.1 Å². The average molecular weight is 545 g/mol. The lowest BCUT2D eigenvalue weighted by Crippen LogP contribution is -2.45. The van der Waals surface area contributed by atoms with Crippen molar-refractivity contribution in [3.63, 3.8) is 0 Å². The summed E-state index contributed by atoms with van der Waals surface area (Å²) < 4.78 is 55.1. The van der Waals surface area contributed by atoms with E-state index in [0.717, 1.165) is 48.9 Å². The highest BCUT2D eigenvalue weighted by atomic mass is 32.2. The number of alkyl halides is 3. The van der Waals surface area contributed by atoms with Gasteiger partial charge >= 0.3 is 12.1 Å². The Balaban J connectivity index is 1.86. The number of β-amino-alcohol motifs (C(OH)–C–C–N with tert-alkyl or cyclic N) is 1. The monoisotopic (exact) mass is 544 g/mol. The van der Waals surface area contributed by atoms with Crippen LogP contribution in [0.3, 0.4) is 0 Å². The van der Waals surface area contributed by atoms with Crippen LogP contribution in [0.1, 0.15) is 56.2 Å². The molecule has 0 heterocycles. The first-order valence-corrected chi connectivity index (χ1v) is 13.0. The van der Waals surface area contributed by atoms with Gasteiger partial charge in [-0.1, -0.05) is 12.1 Å². The Morgan fingerprint density at radius 2 is 1.78 bits per heavy atom. The maximum atomic E-state index is 13.4. The number of rotatable bonds is 15. The molecule has 10 heteroatoms. The molecule has 0 fully saturated rings. The SMILES string of the molecule is CN(C[C@H](O)CNC(C)(C)CCCc1cccc(F)c1)Sc1cc(CCCC(=O)O)cc(C(F)(F)F)c1. The number of aliphatic hydroxyl groups excluding tert-OH is 1. The number of benzene rings is 2. The van der Waals surface area contributed by atoms with Gasteiger partial charge in [-0.2, -0.15) is 13.2 Å². The van der Waals surface area contributed by atoms with Crippen LogP contribution >= 0.6 is 11.9 Å². The molecule has 0 saturated heterocycles. The van der Waals surface area contributed by atoms with Gasteiger partial charge < -0.3 is 15.5 Å². The Hall–Kier alpha value is -2.14. The van der Waals surface area contributed by atoms with Gasteiger partial charge in [0.2, 0.25) is 0 Å². The van der Waals surface area contributed by atoms with Crippen molar-refractivity contribution in [3.05, 3.63) is 65.0 Å². The molecule has 0 saturated carbocycles. The van der Waals surface area contributed by atoms with Gasteiger partial charge in [0, 0.05) is 29.9 Å². The van der Waals surface area contributed by atoms with Crippen LogP contribution in [0.25, 0.3) is 0 Å². The molecule has 3 N–H and O–H groups in total. The molecular weight excluding hydrogens is 508 g/mol. The Bertz CT molecular complexity index is 1020. The Morgan fingerprint density at radius 3 is 2.43 bits per heavy atom. The van der Waals surface area contributed by atoms with E-state index in [2.05, 4.69) is 5.32 Å². The molecular formula is C27H36F4N2O3S. The highest BCUT2D eigenvalue weighted by Crippen LogP contribution is 2.34. The maximum Gasteiger partial charge on any atom is 0.416 e. The van der Waals surface area contributed by atoms with Gasteiger partial charge in [-0.3, -0.25) is 4.79 Å². The zero-order valence-corrected chi connectivity index (χ0v) is 22.3. The van der Waals surface area contributed by atoms with E-state index >= 15 is 0 Å². The summed E-state index contributed by atoms with van der Waals surface area (Å²) in [5.41, 5.74) is 0.327. The van der Waals surface area contributed by atoms with Crippen molar-refractivity contribution in [1.82, 2.24) is 9.62 Å². The van der Waals surface area contributed by atoms with Crippen LogP contribution in [0.15, 0.2) is 47.4 Å². The third kappa shape index (κ3) is 12.3. The summed E-state index contributed by atoms with van der Waals surface area (Å²) in [6.07, 6.45) is -2.48. The lowest BCUT2D eigenvalue weighted by atomic mass is 9.95. The number of halogens is 4. The predicted octanol–water partition coefficient (Wildman–Crippen LogP) is 5.94. The number of aryl methyl sites for hydroxylation is 2. The third-order valence-electron chi connectivity index (χ3n) is 5.85. The number of aliphatic hydroxyl groups is 1. The van der Waals surface area contributed by atoms with Crippen LogP contribution in [0.5, 0.6) is 0 Å². The van der Waals surface area contributed by atoms with Gasteiger partial charge in [-0.15, -0.1) is 0 Å². The first-order valence-electron chi connectivity index (χ1n) is 12.2. The molecule has 206 valence electrons. The zero-order valence-electron chi connectivity index (χ0n) is 21.4. The highest BCUT2D eigenvalue weighted by Gasteiger charge is 2.31. The van der Waals surface area contributed by atoms with E-state index in [0.29, 0.717) is 17.0 Å². The summed E-state index contributed by atoms with van der Waals surface area (Å²) in [4.78, 5) is 11.1. The smallest absolute Gasteiger partial charge is 0.416 e. The number of nitrogens with zero attached hydrogens (tertiary/aromatic N) is 1. The molecule has 2 rings (SSSR count). The summed E-state index contributed by atoms with van der Waals surface area (Å²) in [6.45, 7) is 4.58. The number of carboxylic acids is 1. The summed E-state index contributed by atoms with van der Waals surface area (Å²) >= 11 is 1.10. The van der Waals surface area contributed by atoms with Crippen molar-refractivity contribution in [2.24, 2.45) is 0 Å². The molecule has 0 unspecified atom stereocenters. The van der Waals surface area contributed by atoms with E-state index in [-0.39, 0.29) is 37.2 Å². The fourth-order valence-corrected chi connectivity index (χ4v) is 4.94. The highest BCUT2D eigenvalue weighted by molar-refractivity contribution is 7.97. The predicted molar refractivity (Wildman–Crippen MR) is 138 cm³/mol. The number of hydrogen-bond donors (Lipinski definition) is 3. The van der Waals surface area contributed by atoms with Gasteiger partial charge in [-0.25, -0.2) is 8.70 Å². The van der Waals surface area contributed by atoms with Crippen LogP contribution in [-0.4, -0.2) is 52.3 Å². The van der Waals surface area contributed by atoms with E-state index in [1.54, 1.807) is 23.5 Å². The quantitative estimate of drug-likeness (QED) is 0.190. The Kier molecular flexibility index (Phi) is 11.9.